The van der Waals surface area contributed by atoms with Crippen LogP contribution in [0.5, 0.6) is 0 Å². The van der Waals surface area contributed by atoms with Crippen LogP contribution in [0, 0.1) is 11.3 Å². The quantitative estimate of drug-likeness (QED) is 0.342. The summed E-state index contributed by atoms with van der Waals surface area (Å²) in [7, 11) is -1.22. The Balaban J connectivity index is 1.50. The summed E-state index contributed by atoms with van der Waals surface area (Å²) in [6.45, 7) is 4.10. The SMILES string of the molecule is CC(C)OC(=O)Nc1ccc(-c2c(C#N)c3ccc(S(=O)CCn4cncn4)cc3n2C2CCC2)cc1. The first-order valence-electron chi connectivity index (χ1n) is 12.3. The van der Waals surface area contributed by atoms with Gasteiger partial charge >= 0.3 is 6.09 Å². The molecule has 1 amide bonds. The number of ether oxygens (including phenoxy) is 1. The van der Waals surface area contributed by atoms with Crippen LogP contribution in [0.15, 0.2) is 60.0 Å². The summed E-state index contributed by atoms with van der Waals surface area (Å²) < 4.78 is 22.2. The summed E-state index contributed by atoms with van der Waals surface area (Å²) in [4.78, 5) is 16.6. The molecule has 1 N–H and O–H groups in total. The van der Waals surface area contributed by atoms with Gasteiger partial charge in [0.2, 0.25) is 0 Å². The molecule has 2 aromatic heterocycles. The van der Waals surface area contributed by atoms with Gasteiger partial charge in [0.05, 0.1) is 40.2 Å². The van der Waals surface area contributed by atoms with E-state index in [9.17, 15) is 14.3 Å². The molecule has 0 radical (unpaired) electrons. The number of amides is 1. The maximum absolute atomic E-state index is 13.1. The van der Waals surface area contributed by atoms with Gasteiger partial charge in [-0.05, 0) is 62.9 Å². The molecular formula is C27H28N6O3S. The van der Waals surface area contributed by atoms with E-state index in [4.69, 9.17) is 4.74 Å². The molecule has 5 rings (SSSR count). The van der Waals surface area contributed by atoms with Crippen LogP contribution in [-0.4, -0.2) is 41.5 Å². The topological polar surface area (TPSA) is 115 Å². The van der Waals surface area contributed by atoms with Gasteiger partial charge in [0, 0.05) is 27.8 Å². The van der Waals surface area contributed by atoms with Gasteiger partial charge in [-0.15, -0.1) is 0 Å². The minimum absolute atomic E-state index is 0.211. The Morgan fingerprint density at radius 2 is 2.03 bits per heavy atom. The van der Waals surface area contributed by atoms with Crippen molar-refractivity contribution < 1.29 is 13.7 Å². The first kappa shape index (κ1) is 24.7. The van der Waals surface area contributed by atoms with E-state index in [2.05, 4.69) is 26.0 Å². The third-order valence-corrected chi connectivity index (χ3v) is 7.84. The fourth-order valence-corrected chi connectivity index (χ4v) is 5.62. The highest BCUT2D eigenvalue weighted by atomic mass is 32.2. The third-order valence-electron chi connectivity index (χ3n) is 6.51. The van der Waals surface area contributed by atoms with Crippen molar-refractivity contribution in [2.75, 3.05) is 11.1 Å². The van der Waals surface area contributed by atoms with Gasteiger partial charge in [0.15, 0.2) is 0 Å². The molecule has 0 aliphatic heterocycles. The second kappa shape index (κ2) is 10.6. The number of aromatic nitrogens is 4. The van der Waals surface area contributed by atoms with E-state index >= 15 is 0 Å². The Labute approximate surface area is 217 Å². The second-order valence-electron chi connectivity index (χ2n) is 9.33. The standard InChI is InChI=1S/C27H28N6O3S/c1-18(2)36-27(34)31-20-8-6-19(7-9-20)26-24(15-28)23-11-10-22(14-25(23)33(26)21-4-3-5-21)37(35)13-12-32-17-29-16-30-32/h6-11,14,16-18,21H,3-5,12-13H2,1-2H3,(H,31,34). The van der Waals surface area contributed by atoms with Gasteiger partial charge in [-0.1, -0.05) is 18.2 Å². The summed E-state index contributed by atoms with van der Waals surface area (Å²) in [5.74, 6) is 0.421. The van der Waals surface area contributed by atoms with Crippen molar-refractivity contribution in [2.45, 2.75) is 56.7 Å². The predicted octanol–water partition coefficient (Wildman–Crippen LogP) is 5.26. The van der Waals surface area contributed by atoms with Crippen molar-refractivity contribution >= 4 is 33.5 Å². The smallest absolute Gasteiger partial charge is 0.411 e. The minimum Gasteiger partial charge on any atom is -0.447 e. The molecule has 9 nitrogen and oxygen atoms in total. The highest BCUT2D eigenvalue weighted by Gasteiger charge is 2.28. The van der Waals surface area contributed by atoms with Gasteiger partial charge < -0.3 is 9.30 Å². The molecule has 2 aromatic carbocycles. The molecule has 0 saturated heterocycles. The summed E-state index contributed by atoms with van der Waals surface area (Å²) in [6, 6.07) is 15.9. The first-order chi connectivity index (χ1) is 17.9. The van der Waals surface area contributed by atoms with Gasteiger partial charge in [-0.25, -0.2) is 9.78 Å². The number of rotatable bonds is 8. The zero-order chi connectivity index (χ0) is 25.9. The van der Waals surface area contributed by atoms with Crippen LogP contribution >= 0.6 is 0 Å². The number of nitrogens with one attached hydrogen (secondary N) is 1. The Bertz CT molecular complexity index is 1480. The Hall–Kier alpha value is -3.97. The molecule has 0 bridgehead atoms. The minimum atomic E-state index is -1.22. The molecule has 4 aromatic rings. The number of hydrogen-bond donors (Lipinski definition) is 1. The van der Waals surface area contributed by atoms with Crippen molar-refractivity contribution in [1.82, 2.24) is 19.3 Å². The lowest BCUT2D eigenvalue weighted by atomic mass is 9.92. The van der Waals surface area contributed by atoms with Crippen molar-refractivity contribution in [3.05, 3.63) is 60.7 Å². The Kier molecular flexibility index (Phi) is 7.06. The Morgan fingerprint density at radius 3 is 2.65 bits per heavy atom. The van der Waals surface area contributed by atoms with E-state index in [0.29, 0.717) is 23.5 Å². The number of aryl methyl sites for hydroxylation is 1. The number of fused-ring (bicyclic) bond motifs is 1. The highest BCUT2D eigenvalue weighted by molar-refractivity contribution is 7.85. The van der Waals surface area contributed by atoms with Gasteiger partial charge in [-0.2, -0.15) is 10.4 Å². The molecule has 1 aliphatic carbocycles. The van der Waals surface area contributed by atoms with Crippen molar-refractivity contribution in [3.63, 3.8) is 0 Å². The van der Waals surface area contributed by atoms with E-state index in [-0.39, 0.29) is 12.1 Å². The van der Waals surface area contributed by atoms with E-state index in [1.807, 2.05) is 42.5 Å². The van der Waals surface area contributed by atoms with Crippen LogP contribution in [0.4, 0.5) is 10.5 Å². The molecule has 1 atom stereocenters. The van der Waals surface area contributed by atoms with Gasteiger partial charge in [0.1, 0.15) is 18.7 Å². The van der Waals surface area contributed by atoms with Crippen molar-refractivity contribution in [2.24, 2.45) is 0 Å². The van der Waals surface area contributed by atoms with Crippen molar-refractivity contribution in [3.8, 4) is 17.3 Å². The lowest BCUT2D eigenvalue weighted by Crippen LogP contribution is -2.18. The van der Waals surface area contributed by atoms with E-state index in [1.54, 1.807) is 24.9 Å². The highest BCUT2D eigenvalue weighted by Crippen LogP contribution is 2.43. The number of hydrogen-bond acceptors (Lipinski definition) is 6. The molecule has 0 spiro atoms. The molecule has 10 heteroatoms. The molecule has 1 fully saturated rings. The average molecular weight is 517 g/mol. The van der Waals surface area contributed by atoms with E-state index in [0.717, 1.165) is 46.3 Å². The maximum atomic E-state index is 13.1. The van der Waals surface area contributed by atoms with Gasteiger partial charge in [0.25, 0.3) is 0 Å². The monoisotopic (exact) mass is 516 g/mol. The number of carbonyl (C=O) groups excluding carboxylic acids is 1. The second-order valence-corrected chi connectivity index (χ2v) is 10.9. The maximum Gasteiger partial charge on any atom is 0.411 e. The largest absolute Gasteiger partial charge is 0.447 e. The summed E-state index contributed by atoms with van der Waals surface area (Å²) >= 11 is 0. The molecule has 37 heavy (non-hydrogen) atoms. The summed E-state index contributed by atoms with van der Waals surface area (Å²) in [6.07, 6.45) is 5.55. The molecule has 1 unspecified atom stereocenters. The number of anilines is 1. The van der Waals surface area contributed by atoms with Gasteiger partial charge in [-0.3, -0.25) is 14.2 Å². The number of nitriles is 1. The van der Waals surface area contributed by atoms with Crippen molar-refractivity contribution in [1.29, 1.82) is 5.26 Å². The van der Waals surface area contributed by atoms with Crippen LogP contribution in [0.3, 0.4) is 0 Å². The third kappa shape index (κ3) is 5.13. The first-order valence-corrected chi connectivity index (χ1v) is 13.6. The molecule has 1 aliphatic rings. The fraction of sp³-hybridized carbons (Fsp3) is 0.333. The normalized spacial score (nSPS) is 14.3. The lowest BCUT2D eigenvalue weighted by Gasteiger charge is -2.30. The molecule has 1 saturated carbocycles. The van der Waals surface area contributed by atoms with E-state index in [1.165, 1.54) is 6.33 Å². The summed E-state index contributed by atoms with van der Waals surface area (Å²) in [5.41, 5.74) is 3.87. The van der Waals surface area contributed by atoms with Crippen LogP contribution < -0.4 is 5.32 Å². The zero-order valence-corrected chi connectivity index (χ0v) is 21.6. The predicted molar refractivity (Wildman–Crippen MR) is 142 cm³/mol. The van der Waals surface area contributed by atoms with Crippen LogP contribution in [0.2, 0.25) is 0 Å². The number of carbonyl (C=O) groups is 1. The molecular weight excluding hydrogens is 488 g/mol. The number of benzene rings is 2. The van der Waals surface area contributed by atoms with Crippen LogP contribution in [-0.2, 0) is 22.1 Å². The van der Waals surface area contributed by atoms with Crippen LogP contribution in [0.25, 0.3) is 22.2 Å². The lowest BCUT2D eigenvalue weighted by molar-refractivity contribution is 0.130. The molecule has 2 heterocycles. The Morgan fingerprint density at radius 1 is 1.24 bits per heavy atom. The van der Waals surface area contributed by atoms with Crippen LogP contribution in [0.1, 0.15) is 44.7 Å². The number of nitrogens with zero attached hydrogens (tertiary/aromatic N) is 5. The average Bonchev–Trinajstić information content (AvgIpc) is 3.47. The zero-order valence-electron chi connectivity index (χ0n) is 20.8. The van der Waals surface area contributed by atoms with E-state index < -0.39 is 16.9 Å². The fourth-order valence-electron chi connectivity index (χ4n) is 4.57. The summed E-state index contributed by atoms with van der Waals surface area (Å²) in [5, 5.41) is 17.8. The molecule has 190 valence electrons.